The number of carbonyl (C=O) groups is 1. The van der Waals surface area contributed by atoms with Crippen LogP contribution in [-0.4, -0.2) is 51.8 Å². The summed E-state index contributed by atoms with van der Waals surface area (Å²) in [7, 11) is 0. The lowest BCUT2D eigenvalue weighted by atomic mass is 10.2. The fraction of sp³-hybridized carbons (Fsp3) is 0.526. The number of carbonyl (C=O) groups excluding carboxylic acids is 1. The molecule has 2 fully saturated rings. The molecule has 2 aromatic heterocycles. The first-order valence-corrected chi connectivity index (χ1v) is 9.06. The molecule has 0 aromatic carbocycles. The van der Waals surface area contributed by atoms with Crippen LogP contribution in [0.3, 0.4) is 0 Å². The van der Waals surface area contributed by atoms with E-state index in [0.29, 0.717) is 11.8 Å². The summed E-state index contributed by atoms with van der Waals surface area (Å²) in [5.41, 5.74) is 3.09. The van der Waals surface area contributed by atoms with Gasteiger partial charge in [-0.25, -0.2) is 9.67 Å². The molecule has 1 saturated carbocycles. The molecular weight excluding hydrogens is 314 g/mol. The van der Waals surface area contributed by atoms with Crippen LogP contribution >= 0.6 is 0 Å². The van der Waals surface area contributed by atoms with E-state index in [1.165, 1.54) is 0 Å². The summed E-state index contributed by atoms with van der Waals surface area (Å²) in [4.78, 5) is 21.2. The summed E-state index contributed by atoms with van der Waals surface area (Å²) in [6.45, 7) is 9.48. The Labute approximate surface area is 148 Å². The Morgan fingerprint density at radius 2 is 1.88 bits per heavy atom. The summed E-state index contributed by atoms with van der Waals surface area (Å²) >= 11 is 0. The van der Waals surface area contributed by atoms with E-state index in [4.69, 9.17) is 0 Å². The van der Waals surface area contributed by atoms with Gasteiger partial charge in [0.2, 0.25) is 5.91 Å². The zero-order valence-electron chi connectivity index (χ0n) is 15.1. The summed E-state index contributed by atoms with van der Waals surface area (Å²) in [5.74, 6) is 2.18. The summed E-state index contributed by atoms with van der Waals surface area (Å²) < 4.78 is 1.92. The van der Waals surface area contributed by atoms with Crippen molar-refractivity contribution in [3.8, 4) is 5.69 Å². The zero-order chi connectivity index (χ0) is 17.6. The highest BCUT2D eigenvalue weighted by Crippen LogP contribution is 2.39. The second-order valence-corrected chi connectivity index (χ2v) is 7.35. The minimum Gasteiger partial charge on any atom is -0.353 e. The number of hydrogen-bond acceptors (Lipinski definition) is 4. The minimum atomic E-state index is 0.282. The van der Waals surface area contributed by atoms with Crippen molar-refractivity contribution in [1.29, 1.82) is 0 Å². The van der Waals surface area contributed by atoms with Crippen LogP contribution in [-0.2, 0) is 4.79 Å². The van der Waals surface area contributed by atoms with Gasteiger partial charge in [-0.15, -0.1) is 0 Å². The molecule has 0 spiro atoms. The largest absolute Gasteiger partial charge is 0.353 e. The van der Waals surface area contributed by atoms with Gasteiger partial charge in [0.1, 0.15) is 5.82 Å². The van der Waals surface area contributed by atoms with Gasteiger partial charge in [0, 0.05) is 37.8 Å². The van der Waals surface area contributed by atoms with Crippen LogP contribution in [0.15, 0.2) is 24.4 Å². The molecular formula is C19H25N5O. The zero-order valence-corrected chi connectivity index (χ0v) is 15.1. The summed E-state index contributed by atoms with van der Waals surface area (Å²) in [6, 6.07) is 6.17. The van der Waals surface area contributed by atoms with Gasteiger partial charge < -0.3 is 9.80 Å². The molecule has 25 heavy (non-hydrogen) atoms. The van der Waals surface area contributed by atoms with Crippen LogP contribution in [0.1, 0.15) is 24.7 Å². The topological polar surface area (TPSA) is 54.3 Å². The Kier molecular flexibility index (Phi) is 3.98. The van der Waals surface area contributed by atoms with Gasteiger partial charge >= 0.3 is 0 Å². The van der Waals surface area contributed by atoms with E-state index in [2.05, 4.69) is 34.0 Å². The second-order valence-electron chi connectivity index (χ2n) is 7.35. The van der Waals surface area contributed by atoms with Gasteiger partial charge in [-0.1, -0.05) is 6.92 Å². The van der Waals surface area contributed by atoms with Gasteiger partial charge in [0.25, 0.3) is 0 Å². The highest BCUT2D eigenvalue weighted by atomic mass is 16.2. The maximum Gasteiger partial charge on any atom is 0.226 e. The van der Waals surface area contributed by atoms with E-state index in [9.17, 15) is 4.79 Å². The van der Waals surface area contributed by atoms with Crippen molar-refractivity contribution in [2.45, 2.75) is 27.2 Å². The third kappa shape index (κ3) is 3.13. The predicted octanol–water partition coefficient (Wildman–Crippen LogP) is 2.19. The van der Waals surface area contributed by atoms with E-state index >= 15 is 0 Å². The molecule has 0 N–H and O–H groups in total. The van der Waals surface area contributed by atoms with Crippen LogP contribution < -0.4 is 4.90 Å². The first-order valence-electron chi connectivity index (χ1n) is 9.06. The maximum atomic E-state index is 12.3. The fourth-order valence-electron chi connectivity index (χ4n) is 3.64. The molecule has 132 valence electrons. The van der Waals surface area contributed by atoms with Crippen molar-refractivity contribution in [1.82, 2.24) is 19.7 Å². The molecule has 1 aliphatic carbocycles. The fourth-order valence-corrected chi connectivity index (χ4v) is 3.64. The molecule has 1 saturated heterocycles. The molecule has 2 aliphatic rings. The van der Waals surface area contributed by atoms with E-state index in [0.717, 1.165) is 55.5 Å². The van der Waals surface area contributed by atoms with Crippen molar-refractivity contribution < 1.29 is 4.79 Å². The monoisotopic (exact) mass is 339 g/mol. The number of hydrogen-bond donors (Lipinski definition) is 0. The van der Waals surface area contributed by atoms with Crippen LogP contribution in [0.4, 0.5) is 5.82 Å². The number of amides is 1. The van der Waals surface area contributed by atoms with Gasteiger partial charge in [0.15, 0.2) is 0 Å². The maximum absolute atomic E-state index is 12.3. The Balaban J connectivity index is 1.40. The molecule has 1 amide bonds. The average Bonchev–Trinajstić information content (AvgIpc) is 3.26. The first kappa shape index (κ1) is 16.1. The van der Waals surface area contributed by atoms with Crippen molar-refractivity contribution in [3.63, 3.8) is 0 Å². The number of pyridine rings is 1. The SMILES string of the molecule is Cc1cc(C)n(-c2ccc(N3CCN(C(=O)[C@@H]4C[C@H]4C)CC3)nc2)n1. The third-order valence-electron chi connectivity index (χ3n) is 5.33. The molecule has 4 rings (SSSR count). The highest BCUT2D eigenvalue weighted by Gasteiger charge is 2.41. The number of rotatable bonds is 3. The van der Waals surface area contributed by atoms with Crippen molar-refractivity contribution >= 4 is 11.7 Å². The highest BCUT2D eigenvalue weighted by molar-refractivity contribution is 5.81. The quantitative estimate of drug-likeness (QED) is 0.860. The van der Waals surface area contributed by atoms with E-state index in [1.54, 1.807) is 0 Å². The molecule has 0 unspecified atom stereocenters. The van der Waals surface area contributed by atoms with E-state index < -0.39 is 0 Å². The first-order chi connectivity index (χ1) is 12.0. The van der Waals surface area contributed by atoms with Gasteiger partial charge in [-0.3, -0.25) is 4.79 Å². The predicted molar refractivity (Wildman–Crippen MR) is 96.9 cm³/mol. The normalized spacial score (nSPS) is 23.0. The van der Waals surface area contributed by atoms with Crippen molar-refractivity contribution in [2.75, 3.05) is 31.1 Å². The number of aromatic nitrogens is 3. The average molecular weight is 339 g/mol. The number of aryl methyl sites for hydroxylation is 2. The molecule has 2 atom stereocenters. The van der Waals surface area contributed by atoms with Crippen LogP contribution in [0, 0.1) is 25.7 Å². The Morgan fingerprint density at radius 1 is 1.16 bits per heavy atom. The molecule has 3 heterocycles. The number of piperazine rings is 1. The van der Waals surface area contributed by atoms with Crippen LogP contribution in [0.2, 0.25) is 0 Å². The van der Waals surface area contributed by atoms with Crippen LogP contribution in [0.5, 0.6) is 0 Å². The lowest BCUT2D eigenvalue weighted by Crippen LogP contribution is -2.49. The molecule has 6 heteroatoms. The van der Waals surface area contributed by atoms with Crippen LogP contribution in [0.25, 0.3) is 5.69 Å². The molecule has 2 aromatic rings. The second kappa shape index (κ2) is 6.17. The van der Waals surface area contributed by atoms with Gasteiger partial charge in [-0.2, -0.15) is 5.10 Å². The summed E-state index contributed by atoms with van der Waals surface area (Å²) in [6.07, 6.45) is 2.94. The lowest BCUT2D eigenvalue weighted by Gasteiger charge is -2.35. The Bertz CT molecular complexity index is 774. The third-order valence-corrected chi connectivity index (χ3v) is 5.33. The van der Waals surface area contributed by atoms with E-state index in [1.807, 2.05) is 35.7 Å². The van der Waals surface area contributed by atoms with Crippen molar-refractivity contribution in [2.24, 2.45) is 11.8 Å². The number of anilines is 1. The number of nitrogens with zero attached hydrogens (tertiary/aromatic N) is 5. The Hall–Kier alpha value is -2.37. The summed E-state index contributed by atoms with van der Waals surface area (Å²) in [5, 5.41) is 4.50. The standard InChI is InChI=1S/C19H25N5O/c1-13-10-17(13)19(25)23-8-6-22(7-9-23)18-5-4-16(12-20-18)24-15(3)11-14(2)21-24/h4-5,11-13,17H,6-10H2,1-3H3/t13-,17-/m1/s1. The van der Waals surface area contributed by atoms with Gasteiger partial charge in [0.05, 0.1) is 17.6 Å². The molecule has 1 aliphatic heterocycles. The smallest absolute Gasteiger partial charge is 0.226 e. The lowest BCUT2D eigenvalue weighted by molar-refractivity contribution is -0.133. The molecule has 0 bridgehead atoms. The molecule has 0 radical (unpaired) electrons. The molecule has 6 nitrogen and oxygen atoms in total. The Morgan fingerprint density at radius 3 is 2.40 bits per heavy atom. The van der Waals surface area contributed by atoms with Gasteiger partial charge in [-0.05, 0) is 44.4 Å². The minimum absolute atomic E-state index is 0.282. The van der Waals surface area contributed by atoms with E-state index in [-0.39, 0.29) is 5.92 Å². The van der Waals surface area contributed by atoms with Crippen molar-refractivity contribution in [3.05, 3.63) is 35.8 Å².